The monoisotopic (exact) mass is 355 g/mol. The highest BCUT2D eigenvalue weighted by atomic mass is 32.2. The number of benzene rings is 1. The fourth-order valence-electron chi connectivity index (χ4n) is 2.73. The molecule has 25 heavy (non-hydrogen) atoms. The zero-order valence-corrected chi connectivity index (χ0v) is 14.8. The molecule has 0 atom stereocenters. The number of carbonyl (C=O) groups excluding carboxylic acids is 1. The Morgan fingerprint density at radius 3 is 2.80 bits per heavy atom. The van der Waals surface area contributed by atoms with Gasteiger partial charge in [0.1, 0.15) is 11.6 Å². The van der Waals surface area contributed by atoms with E-state index in [9.17, 15) is 9.18 Å². The van der Waals surface area contributed by atoms with Crippen LogP contribution < -0.4 is 0 Å². The topological polar surface area (TPSA) is 47.8 Å². The molecule has 0 saturated carbocycles. The lowest BCUT2D eigenvalue weighted by atomic mass is 9.99. The summed E-state index contributed by atoms with van der Waals surface area (Å²) in [5.74, 6) is 0.634. The van der Waals surface area contributed by atoms with Crippen LogP contribution in [0.2, 0.25) is 0 Å². The molecular weight excluding hydrogens is 337 g/mol. The van der Waals surface area contributed by atoms with Gasteiger partial charge in [0.15, 0.2) is 0 Å². The van der Waals surface area contributed by atoms with Crippen molar-refractivity contribution in [3.8, 4) is 0 Å². The molecule has 2 heterocycles. The molecular formula is C19H18FN3OS. The molecule has 0 spiro atoms. The molecule has 0 radical (unpaired) electrons. The molecule has 0 aliphatic rings. The van der Waals surface area contributed by atoms with E-state index in [-0.39, 0.29) is 11.7 Å². The van der Waals surface area contributed by atoms with E-state index >= 15 is 0 Å². The van der Waals surface area contributed by atoms with E-state index in [2.05, 4.69) is 23.8 Å². The molecule has 0 aliphatic heterocycles. The molecule has 2 aromatic heterocycles. The fourth-order valence-corrected chi connectivity index (χ4v) is 3.89. The SMILES string of the molecule is CC(C)c1c(Sc2cccc(F)c2)ccnc1Cc1nccn1C=O. The Kier molecular flexibility index (Phi) is 5.28. The van der Waals surface area contributed by atoms with Crippen LogP contribution in [0.4, 0.5) is 4.39 Å². The standard InChI is InChI=1S/C19H18FN3OS/c1-13(2)19-16(11-18-22-8-9-23(18)12-24)21-7-6-17(19)25-15-5-3-4-14(20)10-15/h3-10,12-13H,11H2,1-2H3. The maximum atomic E-state index is 13.5. The van der Waals surface area contributed by atoms with E-state index in [0.717, 1.165) is 27.5 Å². The Bertz CT molecular complexity index is 892. The van der Waals surface area contributed by atoms with E-state index in [0.29, 0.717) is 12.2 Å². The van der Waals surface area contributed by atoms with E-state index in [1.165, 1.54) is 28.5 Å². The third-order valence-electron chi connectivity index (χ3n) is 3.82. The third-order valence-corrected chi connectivity index (χ3v) is 4.89. The van der Waals surface area contributed by atoms with Crippen LogP contribution in [0.25, 0.3) is 0 Å². The summed E-state index contributed by atoms with van der Waals surface area (Å²) >= 11 is 1.52. The van der Waals surface area contributed by atoms with Gasteiger partial charge in [0.25, 0.3) is 0 Å². The number of hydrogen-bond acceptors (Lipinski definition) is 4. The third kappa shape index (κ3) is 3.96. The van der Waals surface area contributed by atoms with Crippen LogP contribution in [0.15, 0.2) is 58.7 Å². The number of aromatic nitrogens is 3. The summed E-state index contributed by atoms with van der Waals surface area (Å²) in [5, 5.41) is 0. The first-order valence-electron chi connectivity index (χ1n) is 7.96. The maximum absolute atomic E-state index is 13.5. The number of halogens is 1. The van der Waals surface area contributed by atoms with E-state index in [1.807, 2.05) is 12.1 Å². The lowest BCUT2D eigenvalue weighted by Crippen LogP contribution is -2.07. The van der Waals surface area contributed by atoms with Gasteiger partial charge in [-0.1, -0.05) is 31.7 Å². The molecule has 4 nitrogen and oxygen atoms in total. The van der Waals surface area contributed by atoms with Gasteiger partial charge in [-0.2, -0.15) is 0 Å². The van der Waals surface area contributed by atoms with Crippen molar-refractivity contribution < 1.29 is 9.18 Å². The molecule has 0 aliphatic carbocycles. The number of carbonyl (C=O) groups is 1. The van der Waals surface area contributed by atoms with Crippen LogP contribution in [0.3, 0.4) is 0 Å². The number of hydrogen-bond donors (Lipinski definition) is 0. The predicted octanol–water partition coefficient (Wildman–Crippen LogP) is 4.32. The minimum atomic E-state index is -0.251. The maximum Gasteiger partial charge on any atom is 0.219 e. The average molecular weight is 355 g/mol. The van der Waals surface area contributed by atoms with Crippen LogP contribution in [0.5, 0.6) is 0 Å². The Hall–Kier alpha value is -2.47. The van der Waals surface area contributed by atoms with Crippen molar-refractivity contribution in [3.63, 3.8) is 0 Å². The van der Waals surface area contributed by atoms with E-state index < -0.39 is 0 Å². The van der Waals surface area contributed by atoms with E-state index in [1.54, 1.807) is 24.7 Å². The number of pyridine rings is 1. The molecule has 3 aromatic rings. The van der Waals surface area contributed by atoms with E-state index in [4.69, 9.17) is 0 Å². The second-order valence-corrected chi connectivity index (χ2v) is 7.03. The average Bonchev–Trinajstić information content (AvgIpc) is 3.02. The predicted molar refractivity (Wildman–Crippen MR) is 96.0 cm³/mol. The minimum Gasteiger partial charge on any atom is -0.278 e. The highest BCUT2D eigenvalue weighted by Gasteiger charge is 2.16. The second-order valence-electron chi connectivity index (χ2n) is 5.92. The summed E-state index contributed by atoms with van der Waals surface area (Å²) in [6, 6.07) is 8.49. The van der Waals surface area contributed by atoms with Gasteiger partial charge in [-0.25, -0.2) is 9.37 Å². The molecule has 0 bridgehead atoms. The fraction of sp³-hybridized carbons (Fsp3) is 0.211. The van der Waals surface area contributed by atoms with Gasteiger partial charge >= 0.3 is 0 Å². The van der Waals surface area contributed by atoms with Gasteiger partial charge in [-0.05, 0) is 35.7 Å². The van der Waals surface area contributed by atoms with Gasteiger partial charge in [-0.3, -0.25) is 14.3 Å². The first-order valence-corrected chi connectivity index (χ1v) is 8.78. The molecule has 1 aromatic carbocycles. The quantitative estimate of drug-likeness (QED) is 0.618. The molecule has 3 rings (SSSR count). The molecule has 0 saturated heterocycles. The summed E-state index contributed by atoms with van der Waals surface area (Å²) < 4.78 is 14.9. The molecule has 0 amide bonds. The summed E-state index contributed by atoms with van der Waals surface area (Å²) in [5.41, 5.74) is 1.97. The van der Waals surface area contributed by atoms with Crippen molar-refractivity contribution in [2.24, 2.45) is 0 Å². The van der Waals surface area contributed by atoms with Crippen molar-refractivity contribution in [1.82, 2.24) is 14.5 Å². The van der Waals surface area contributed by atoms with Crippen molar-refractivity contribution >= 4 is 18.2 Å². The van der Waals surface area contributed by atoms with Crippen LogP contribution in [0, 0.1) is 5.82 Å². The molecule has 0 unspecified atom stereocenters. The van der Waals surface area contributed by atoms with Gasteiger partial charge in [0.05, 0.1) is 5.69 Å². The Morgan fingerprint density at radius 1 is 1.24 bits per heavy atom. The van der Waals surface area contributed by atoms with Crippen LogP contribution >= 0.6 is 11.8 Å². The van der Waals surface area contributed by atoms with Crippen molar-refractivity contribution in [1.29, 1.82) is 0 Å². The normalized spacial score (nSPS) is 11.0. The smallest absolute Gasteiger partial charge is 0.219 e. The van der Waals surface area contributed by atoms with Crippen LogP contribution in [-0.2, 0) is 11.2 Å². The largest absolute Gasteiger partial charge is 0.278 e. The van der Waals surface area contributed by atoms with Crippen molar-refractivity contribution in [3.05, 3.63) is 71.8 Å². The lowest BCUT2D eigenvalue weighted by molar-refractivity contribution is 0.545. The van der Waals surface area contributed by atoms with Gasteiger partial charge in [-0.15, -0.1) is 0 Å². The van der Waals surface area contributed by atoms with Crippen LogP contribution in [0.1, 0.15) is 36.8 Å². The molecule has 0 N–H and O–H groups in total. The first-order chi connectivity index (χ1) is 12.1. The summed E-state index contributed by atoms with van der Waals surface area (Å²) in [6.45, 7) is 4.20. The minimum absolute atomic E-state index is 0.236. The van der Waals surface area contributed by atoms with Gasteiger partial charge in [0, 0.05) is 34.8 Å². The summed E-state index contributed by atoms with van der Waals surface area (Å²) in [7, 11) is 0. The second kappa shape index (κ2) is 7.61. The Balaban J connectivity index is 1.98. The van der Waals surface area contributed by atoms with Gasteiger partial charge in [0.2, 0.25) is 6.41 Å². The van der Waals surface area contributed by atoms with Crippen molar-refractivity contribution in [2.75, 3.05) is 0 Å². The first kappa shape index (κ1) is 17.4. The molecule has 0 fully saturated rings. The Morgan fingerprint density at radius 2 is 2.08 bits per heavy atom. The van der Waals surface area contributed by atoms with Crippen molar-refractivity contribution in [2.45, 2.75) is 36.0 Å². The number of imidazole rings is 1. The molecule has 6 heteroatoms. The summed E-state index contributed by atoms with van der Waals surface area (Å²) in [4.78, 5) is 21.7. The highest BCUT2D eigenvalue weighted by molar-refractivity contribution is 7.99. The molecule has 128 valence electrons. The summed E-state index contributed by atoms with van der Waals surface area (Å²) in [6.07, 6.45) is 6.18. The zero-order valence-electron chi connectivity index (χ0n) is 14.0. The number of nitrogens with zero attached hydrogens (tertiary/aromatic N) is 3. The highest BCUT2D eigenvalue weighted by Crippen LogP contribution is 2.35. The number of rotatable bonds is 6. The zero-order chi connectivity index (χ0) is 17.8. The van der Waals surface area contributed by atoms with Gasteiger partial charge < -0.3 is 0 Å². The Labute approximate surface area is 150 Å². The lowest BCUT2D eigenvalue weighted by Gasteiger charge is -2.16. The van der Waals surface area contributed by atoms with Crippen LogP contribution in [-0.4, -0.2) is 20.9 Å².